The molecule has 0 saturated carbocycles. The van der Waals surface area contributed by atoms with Crippen molar-refractivity contribution < 1.29 is 18.0 Å². The number of rotatable bonds is 4. The number of carbonyl (C=O) groups is 1. The van der Waals surface area contributed by atoms with Crippen molar-refractivity contribution in [1.29, 1.82) is 0 Å². The highest BCUT2D eigenvalue weighted by Gasteiger charge is 2.31. The highest BCUT2D eigenvalue weighted by atomic mass is 19.4. The molecular formula is C21H23F3N4O. The number of benzene rings is 1. The summed E-state index contributed by atoms with van der Waals surface area (Å²) in [6.45, 7) is 1.32. The molecule has 3 heterocycles. The van der Waals surface area contributed by atoms with Gasteiger partial charge < -0.3 is 9.47 Å². The number of imidazole rings is 1. The molecule has 1 amide bonds. The summed E-state index contributed by atoms with van der Waals surface area (Å²) in [4.78, 5) is 14.9. The quantitative estimate of drug-likeness (QED) is 0.655. The van der Waals surface area contributed by atoms with Gasteiger partial charge in [-0.15, -0.1) is 0 Å². The zero-order chi connectivity index (χ0) is 20.6. The van der Waals surface area contributed by atoms with E-state index in [0.29, 0.717) is 30.6 Å². The molecule has 0 spiro atoms. The zero-order valence-corrected chi connectivity index (χ0v) is 16.2. The Morgan fingerprint density at radius 1 is 1.28 bits per heavy atom. The third-order valence-corrected chi connectivity index (χ3v) is 5.67. The van der Waals surface area contributed by atoms with Crippen molar-refractivity contribution in [1.82, 2.24) is 19.1 Å². The fourth-order valence-electron chi connectivity index (χ4n) is 4.13. The predicted molar refractivity (Wildman–Crippen MR) is 103 cm³/mol. The summed E-state index contributed by atoms with van der Waals surface area (Å²) in [5, 5.41) is 4.23. The lowest BCUT2D eigenvalue weighted by molar-refractivity contribution is -0.137. The Morgan fingerprint density at radius 2 is 2.10 bits per heavy atom. The van der Waals surface area contributed by atoms with Gasteiger partial charge in [-0.05, 0) is 43.2 Å². The molecule has 4 rings (SSSR count). The van der Waals surface area contributed by atoms with E-state index in [0.717, 1.165) is 31.0 Å². The van der Waals surface area contributed by atoms with Gasteiger partial charge in [0, 0.05) is 32.5 Å². The predicted octanol–water partition coefficient (Wildman–Crippen LogP) is 4.18. The molecular weight excluding hydrogens is 381 g/mol. The number of hydrogen-bond acceptors (Lipinski definition) is 2. The summed E-state index contributed by atoms with van der Waals surface area (Å²) in [6, 6.07) is 5.52. The maximum atomic E-state index is 13.0. The summed E-state index contributed by atoms with van der Waals surface area (Å²) >= 11 is 0. The van der Waals surface area contributed by atoms with E-state index >= 15 is 0 Å². The van der Waals surface area contributed by atoms with Gasteiger partial charge in [-0.25, -0.2) is 4.52 Å². The maximum absolute atomic E-state index is 13.0. The number of nitrogens with zero attached hydrogens (tertiary/aromatic N) is 4. The third kappa shape index (κ3) is 4.02. The van der Waals surface area contributed by atoms with Crippen LogP contribution in [0.1, 0.15) is 40.7 Å². The first kappa shape index (κ1) is 19.5. The second-order valence-corrected chi connectivity index (χ2v) is 7.73. The number of piperidine rings is 1. The second kappa shape index (κ2) is 7.57. The fourth-order valence-corrected chi connectivity index (χ4v) is 4.13. The van der Waals surface area contributed by atoms with Gasteiger partial charge in [0.2, 0.25) is 0 Å². The maximum Gasteiger partial charge on any atom is 0.416 e. The molecule has 1 aliphatic rings. The van der Waals surface area contributed by atoms with Crippen LogP contribution in [0.25, 0.3) is 5.65 Å². The Balaban J connectivity index is 1.41. The number of fused-ring (bicyclic) bond motifs is 1. The highest BCUT2D eigenvalue weighted by molar-refractivity contribution is 5.99. The van der Waals surface area contributed by atoms with Crippen molar-refractivity contribution >= 4 is 11.6 Å². The molecule has 29 heavy (non-hydrogen) atoms. The smallest absolute Gasteiger partial charge is 0.338 e. The van der Waals surface area contributed by atoms with E-state index in [-0.39, 0.29) is 11.8 Å². The van der Waals surface area contributed by atoms with Crippen molar-refractivity contribution in [2.75, 3.05) is 13.1 Å². The van der Waals surface area contributed by atoms with Crippen LogP contribution in [-0.2, 0) is 19.6 Å². The van der Waals surface area contributed by atoms with Gasteiger partial charge in [0.15, 0.2) is 0 Å². The first-order valence-electron chi connectivity index (χ1n) is 9.77. The van der Waals surface area contributed by atoms with E-state index in [2.05, 4.69) is 5.10 Å². The lowest BCUT2D eigenvalue weighted by Gasteiger charge is -2.32. The SMILES string of the molecule is Cn1ccn2ncc(C(=O)N3CCCC(CCc4cccc(C(F)(F)F)c4)C3)c12. The van der Waals surface area contributed by atoms with Crippen molar-refractivity contribution in [3.8, 4) is 0 Å². The van der Waals surface area contributed by atoms with Crippen LogP contribution >= 0.6 is 0 Å². The molecule has 2 aromatic heterocycles. The van der Waals surface area contributed by atoms with E-state index in [9.17, 15) is 18.0 Å². The Hall–Kier alpha value is -2.77. The van der Waals surface area contributed by atoms with Crippen molar-refractivity contribution in [2.24, 2.45) is 13.0 Å². The molecule has 1 unspecified atom stereocenters. The van der Waals surface area contributed by atoms with Crippen molar-refractivity contribution in [2.45, 2.75) is 31.9 Å². The van der Waals surface area contributed by atoms with Crippen molar-refractivity contribution in [3.63, 3.8) is 0 Å². The molecule has 0 aliphatic carbocycles. The van der Waals surface area contributed by atoms with Gasteiger partial charge >= 0.3 is 6.18 Å². The number of halogens is 3. The Bertz CT molecular complexity index is 1020. The fraction of sp³-hybridized carbons (Fsp3) is 0.429. The highest BCUT2D eigenvalue weighted by Crippen LogP contribution is 2.30. The normalized spacial score (nSPS) is 17.8. The lowest BCUT2D eigenvalue weighted by Crippen LogP contribution is -2.40. The monoisotopic (exact) mass is 404 g/mol. The van der Waals surface area contributed by atoms with Crippen LogP contribution in [-0.4, -0.2) is 38.1 Å². The molecule has 0 radical (unpaired) electrons. The van der Waals surface area contributed by atoms with E-state index in [4.69, 9.17) is 0 Å². The number of alkyl halides is 3. The van der Waals surface area contributed by atoms with E-state index in [1.807, 2.05) is 22.7 Å². The average Bonchev–Trinajstić information content (AvgIpc) is 3.29. The second-order valence-electron chi connectivity index (χ2n) is 7.73. The van der Waals surface area contributed by atoms with Crippen LogP contribution in [0.15, 0.2) is 42.9 Å². The van der Waals surface area contributed by atoms with Crippen LogP contribution in [0.3, 0.4) is 0 Å². The molecule has 0 N–H and O–H groups in total. The third-order valence-electron chi connectivity index (χ3n) is 5.67. The molecule has 1 atom stereocenters. The Morgan fingerprint density at radius 3 is 2.90 bits per heavy atom. The molecule has 1 fully saturated rings. The van der Waals surface area contributed by atoms with Gasteiger partial charge in [0.1, 0.15) is 11.2 Å². The molecule has 154 valence electrons. The number of hydrogen-bond donors (Lipinski definition) is 0. The van der Waals surface area contributed by atoms with Gasteiger partial charge in [0.25, 0.3) is 5.91 Å². The zero-order valence-electron chi connectivity index (χ0n) is 16.2. The number of aryl methyl sites for hydroxylation is 2. The summed E-state index contributed by atoms with van der Waals surface area (Å²) in [7, 11) is 1.88. The molecule has 3 aromatic rings. The minimum absolute atomic E-state index is 0.0365. The summed E-state index contributed by atoms with van der Waals surface area (Å²) in [5.41, 5.74) is 1.42. The Kier molecular flexibility index (Phi) is 5.10. The number of aromatic nitrogens is 3. The topological polar surface area (TPSA) is 42.5 Å². The summed E-state index contributed by atoms with van der Waals surface area (Å²) in [5.74, 6) is 0.243. The summed E-state index contributed by atoms with van der Waals surface area (Å²) in [6.07, 6.45) is 4.16. The molecule has 0 bridgehead atoms. The molecule has 8 heteroatoms. The van der Waals surface area contributed by atoms with Gasteiger partial charge in [-0.3, -0.25) is 4.79 Å². The van der Waals surface area contributed by atoms with Crippen LogP contribution in [0.2, 0.25) is 0 Å². The van der Waals surface area contributed by atoms with E-state index in [1.165, 1.54) is 12.1 Å². The minimum atomic E-state index is -4.32. The number of likely N-dealkylation sites (tertiary alicyclic amines) is 1. The van der Waals surface area contributed by atoms with Crippen LogP contribution < -0.4 is 0 Å². The standard InChI is InChI=1S/C21H23F3N4O/c1-26-10-11-28-19(26)18(13-25-28)20(29)27-9-3-5-16(14-27)8-7-15-4-2-6-17(12-15)21(22,23)24/h2,4,6,10-13,16H,3,5,7-9,14H2,1H3. The Labute approximate surface area is 166 Å². The average molecular weight is 404 g/mol. The van der Waals surface area contributed by atoms with E-state index in [1.54, 1.807) is 23.0 Å². The molecule has 5 nitrogen and oxygen atoms in total. The largest absolute Gasteiger partial charge is 0.416 e. The van der Waals surface area contributed by atoms with Gasteiger partial charge in [0.05, 0.1) is 11.8 Å². The molecule has 1 aliphatic heterocycles. The number of carbonyl (C=O) groups excluding carboxylic acids is 1. The van der Waals surface area contributed by atoms with Gasteiger partial charge in [-0.1, -0.05) is 18.2 Å². The first-order chi connectivity index (χ1) is 13.8. The minimum Gasteiger partial charge on any atom is -0.338 e. The molecule has 1 aromatic carbocycles. The van der Waals surface area contributed by atoms with E-state index < -0.39 is 11.7 Å². The van der Waals surface area contributed by atoms with Gasteiger partial charge in [-0.2, -0.15) is 18.3 Å². The molecule has 1 saturated heterocycles. The van der Waals surface area contributed by atoms with Crippen LogP contribution in [0, 0.1) is 5.92 Å². The summed E-state index contributed by atoms with van der Waals surface area (Å²) < 4.78 is 42.3. The van der Waals surface area contributed by atoms with Crippen LogP contribution in [0.4, 0.5) is 13.2 Å². The lowest BCUT2D eigenvalue weighted by atomic mass is 9.91. The first-order valence-corrected chi connectivity index (χ1v) is 9.77. The van der Waals surface area contributed by atoms with Crippen LogP contribution in [0.5, 0.6) is 0 Å². The van der Waals surface area contributed by atoms with Crippen molar-refractivity contribution in [3.05, 3.63) is 59.5 Å². The number of amides is 1.